The molecule has 2 aromatic rings. The van der Waals surface area contributed by atoms with Crippen LogP contribution in [0.3, 0.4) is 0 Å². The normalized spacial score (nSPS) is 23.0. The Labute approximate surface area is 181 Å². The molecule has 0 amide bonds. The van der Waals surface area contributed by atoms with Gasteiger partial charge in [0.15, 0.2) is 0 Å². The molecule has 124 valence electrons. The molecule has 2 atom stereocenters. The van der Waals surface area contributed by atoms with Gasteiger partial charge in [0.25, 0.3) is 0 Å². The Morgan fingerprint density at radius 2 is 1.00 bits per heavy atom. The van der Waals surface area contributed by atoms with Gasteiger partial charge in [0.2, 0.25) is 0 Å². The van der Waals surface area contributed by atoms with E-state index in [2.05, 4.69) is 62.4 Å². The molecule has 0 saturated heterocycles. The fraction of sp³-hybridized carbons (Fsp3) is 0.333. The van der Waals surface area contributed by atoms with Crippen LogP contribution in [0.15, 0.2) is 59.7 Å². The van der Waals surface area contributed by atoms with Gasteiger partial charge in [0.05, 0.1) is 0 Å². The predicted molar refractivity (Wildman–Crippen MR) is 116 cm³/mol. The zero-order valence-corrected chi connectivity index (χ0v) is 14.6. The van der Waals surface area contributed by atoms with Crippen LogP contribution >= 0.6 is 0 Å². The maximum atomic E-state index is 2.36. The van der Waals surface area contributed by atoms with Crippen LogP contribution < -0.4 is 0 Å². The van der Waals surface area contributed by atoms with Gasteiger partial charge in [-0.25, -0.2) is 0 Å². The van der Waals surface area contributed by atoms with Crippen molar-refractivity contribution in [3.05, 3.63) is 81.9 Å². The number of allylic oxidation sites excluding steroid dienone is 4. The molecule has 0 nitrogen and oxygen atoms in total. The third-order valence-electron chi connectivity index (χ3n) is 6.69. The van der Waals surface area contributed by atoms with E-state index in [0.29, 0.717) is 11.8 Å². The van der Waals surface area contributed by atoms with Gasteiger partial charge in [0.1, 0.15) is 0 Å². The van der Waals surface area contributed by atoms with Crippen LogP contribution in [0.2, 0.25) is 0 Å². The van der Waals surface area contributed by atoms with Crippen molar-refractivity contribution < 1.29 is 0 Å². The van der Waals surface area contributed by atoms with E-state index in [1.807, 2.05) is 0 Å². The summed E-state index contributed by atoms with van der Waals surface area (Å²) >= 11 is 0. The molecule has 1 saturated carbocycles. The molecule has 0 aromatic heterocycles. The Kier molecular flexibility index (Phi) is 5.82. The topological polar surface area (TPSA) is 0 Å². The van der Waals surface area contributed by atoms with Crippen LogP contribution in [0.5, 0.6) is 0 Å². The average Bonchev–Trinajstić information content (AvgIpc) is 3.01. The van der Waals surface area contributed by atoms with E-state index in [0.717, 1.165) is 0 Å². The predicted octanol–water partition coefficient (Wildman–Crippen LogP) is 5.41. The van der Waals surface area contributed by atoms with E-state index in [1.54, 1.807) is 33.4 Å². The van der Waals surface area contributed by atoms with Gasteiger partial charge in [-0.3, -0.25) is 0 Å². The minimum atomic E-state index is 0. The van der Waals surface area contributed by atoms with Crippen LogP contribution in [0.4, 0.5) is 0 Å². The summed E-state index contributed by atoms with van der Waals surface area (Å²) in [4.78, 5) is 0. The summed E-state index contributed by atoms with van der Waals surface area (Å²) in [6.07, 6.45) is 5.06. The van der Waals surface area contributed by atoms with Gasteiger partial charge < -0.3 is 0 Å². The van der Waals surface area contributed by atoms with Crippen molar-refractivity contribution in [1.82, 2.24) is 0 Å². The van der Waals surface area contributed by atoms with Gasteiger partial charge in [-0.15, -0.1) is 0 Å². The number of benzene rings is 2. The molecule has 0 bridgehead atoms. The fourth-order valence-corrected chi connectivity index (χ4v) is 5.51. The van der Waals surface area contributed by atoms with E-state index in [9.17, 15) is 0 Å². The van der Waals surface area contributed by atoms with E-state index in [1.165, 1.54) is 36.8 Å². The van der Waals surface area contributed by atoms with E-state index < -0.39 is 0 Å². The molecule has 0 N–H and O–H groups in total. The summed E-state index contributed by atoms with van der Waals surface area (Å²) in [5, 5.41) is 0. The molecule has 2 aromatic carbocycles. The summed E-state index contributed by atoms with van der Waals surface area (Å²) < 4.78 is 0. The Morgan fingerprint density at radius 1 is 0.615 bits per heavy atom. The first-order valence-corrected chi connectivity index (χ1v) is 9.33. The molecule has 3 aliphatic carbocycles. The van der Waals surface area contributed by atoms with E-state index in [4.69, 9.17) is 0 Å². The van der Waals surface area contributed by atoms with Gasteiger partial charge in [-0.2, -0.15) is 0 Å². The summed E-state index contributed by atoms with van der Waals surface area (Å²) in [6.45, 7) is 4.70. The van der Waals surface area contributed by atoms with E-state index >= 15 is 0 Å². The molecular weight excluding hydrogens is 302 g/mol. The molecule has 0 radical (unpaired) electrons. The zero-order valence-electron chi connectivity index (χ0n) is 14.6. The fourth-order valence-electron chi connectivity index (χ4n) is 5.51. The molecule has 2 unspecified atom stereocenters. The summed E-state index contributed by atoms with van der Waals surface area (Å²) in [6, 6.07) is 18.2. The molecule has 0 aliphatic heterocycles. The van der Waals surface area contributed by atoms with Crippen LogP contribution in [0.25, 0.3) is 11.1 Å². The van der Waals surface area contributed by atoms with Gasteiger partial charge in [-0.1, -0.05) is 59.7 Å². The quantitative estimate of drug-likeness (QED) is 0.568. The number of hydrogen-bond donors (Lipinski definition) is 0. The monoisotopic (exact) mass is 328 g/mol. The van der Waals surface area contributed by atoms with Crippen LogP contribution in [-0.4, -0.2) is 37.7 Å². The first-order chi connectivity index (χ1) is 11.8. The van der Waals surface area contributed by atoms with Crippen LogP contribution in [-0.2, 0) is 0 Å². The van der Waals surface area contributed by atoms with E-state index in [-0.39, 0.29) is 37.7 Å². The van der Waals surface area contributed by atoms with Crippen molar-refractivity contribution in [2.75, 3.05) is 0 Å². The van der Waals surface area contributed by atoms with Crippen molar-refractivity contribution in [3.8, 4) is 0 Å². The summed E-state index contributed by atoms with van der Waals surface area (Å²) in [7, 11) is 0. The Bertz CT molecular complexity index is 828. The van der Waals surface area contributed by atoms with Crippen molar-refractivity contribution in [2.45, 2.75) is 51.4 Å². The second-order valence-corrected chi connectivity index (χ2v) is 7.66. The number of fused-ring (bicyclic) bond motifs is 6. The molecule has 0 spiro atoms. The van der Waals surface area contributed by atoms with Crippen molar-refractivity contribution in [2.24, 2.45) is 0 Å². The standard InChI is InChI=1S/C24H24.2Li.2H/c1-15-17-7-3-5-9-21(17)23-14-12-20-16(2)18-8-4-6-10-22(18)24(20)13-11-19(15)23;;;;/h3-10,23-24H,11-14H2,1-2H3;;;;. The Morgan fingerprint density at radius 3 is 1.42 bits per heavy atom. The molecule has 0 heterocycles. The SMILES string of the molecule is CC1=C2CCC3C(=C(C)c4ccccc43)CCC2c2ccccc21.[LiH].[LiH]. The second-order valence-electron chi connectivity index (χ2n) is 7.66. The third kappa shape index (κ3) is 2.84. The Balaban J connectivity index is 0.000000980. The van der Waals surface area contributed by atoms with Crippen molar-refractivity contribution in [1.29, 1.82) is 0 Å². The summed E-state index contributed by atoms with van der Waals surface area (Å²) in [5.41, 5.74) is 12.7. The molecule has 3 aliphatic rings. The third-order valence-corrected chi connectivity index (χ3v) is 6.69. The average molecular weight is 328 g/mol. The van der Waals surface area contributed by atoms with Gasteiger partial charge in [0, 0.05) is 11.8 Å². The molecule has 2 heteroatoms. The van der Waals surface area contributed by atoms with Crippen LogP contribution in [0, 0.1) is 0 Å². The molecular formula is C24H26Li2. The zero-order chi connectivity index (χ0) is 16.3. The summed E-state index contributed by atoms with van der Waals surface area (Å²) in [5.74, 6) is 1.32. The second kappa shape index (κ2) is 7.62. The first-order valence-electron chi connectivity index (χ1n) is 9.33. The number of hydrogen-bond acceptors (Lipinski definition) is 0. The molecule has 5 rings (SSSR count). The molecule has 1 fully saturated rings. The minimum absolute atomic E-state index is 0. The maximum absolute atomic E-state index is 2.36. The van der Waals surface area contributed by atoms with Gasteiger partial charge in [-0.05, 0) is 72.9 Å². The molecule has 26 heavy (non-hydrogen) atoms. The first kappa shape index (κ1) is 19.9. The number of rotatable bonds is 0. The Hall–Kier alpha value is -0.885. The van der Waals surface area contributed by atoms with Crippen molar-refractivity contribution >= 4 is 48.9 Å². The van der Waals surface area contributed by atoms with Crippen LogP contribution in [0.1, 0.15) is 73.6 Å². The van der Waals surface area contributed by atoms with Crippen molar-refractivity contribution in [3.63, 3.8) is 0 Å². The van der Waals surface area contributed by atoms with Gasteiger partial charge >= 0.3 is 37.7 Å².